The van der Waals surface area contributed by atoms with Crippen LogP contribution in [-0.2, 0) is 6.54 Å². The van der Waals surface area contributed by atoms with Crippen LogP contribution in [0.1, 0.15) is 5.56 Å². The highest BCUT2D eigenvalue weighted by Gasteiger charge is 2.13. The minimum Gasteiger partial charge on any atom is -0.493 e. The average Bonchev–Trinajstić information content (AvgIpc) is 2.36. The number of nitrogens with one attached hydrogen (secondary N) is 1. The van der Waals surface area contributed by atoms with E-state index in [1.807, 2.05) is 13.1 Å². The molecule has 0 saturated heterocycles. The van der Waals surface area contributed by atoms with Crippen LogP contribution in [0.4, 0.5) is 0 Å². The molecule has 18 heavy (non-hydrogen) atoms. The van der Waals surface area contributed by atoms with E-state index in [2.05, 4.69) is 5.32 Å². The summed E-state index contributed by atoms with van der Waals surface area (Å²) in [4.78, 5) is 0. The molecular formula is C12H18ClNO4. The molecular weight excluding hydrogens is 258 g/mol. The second kappa shape index (κ2) is 7.43. The molecule has 0 heterocycles. The lowest BCUT2D eigenvalue weighted by Crippen LogP contribution is -2.21. The van der Waals surface area contributed by atoms with Gasteiger partial charge < -0.3 is 25.0 Å². The molecule has 0 aliphatic rings. The Morgan fingerprint density at radius 2 is 2.17 bits per heavy atom. The van der Waals surface area contributed by atoms with Crippen molar-refractivity contribution in [2.75, 3.05) is 27.4 Å². The van der Waals surface area contributed by atoms with Crippen molar-refractivity contribution in [2.45, 2.75) is 12.6 Å². The Balaban J connectivity index is 2.89. The van der Waals surface area contributed by atoms with Gasteiger partial charge in [0.05, 0.1) is 18.7 Å². The minimum absolute atomic E-state index is 0.0437. The normalized spacial score (nSPS) is 12.3. The SMILES string of the molecule is CNCc1cc(Cl)c(OCC(O)CO)c(OC)c1. The minimum atomic E-state index is -0.942. The molecule has 0 amide bonds. The first kappa shape index (κ1) is 15.0. The molecule has 0 bridgehead atoms. The molecule has 1 aromatic rings. The Kier molecular flexibility index (Phi) is 6.21. The summed E-state index contributed by atoms with van der Waals surface area (Å²) in [6, 6.07) is 3.57. The van der Waals surface area contributed by atoms with Crippen LogP contribution in [0.25, 0.3) is 0 Å². The summed E-state index contributed by atoms with van der Waals surface area (Å²) in [6.07, 6.45) is -0.942. The molecule has 6 heteroatoms. The molecule has 5 nitrogen and oxygen atoms in total. The van der Waals surface area contributed by atoms with E-state index in [0.717, 1.165) is 5.56 Å². The Hall–Kier alpha value is -1.01. The van der Waals surface area contributed by atoms with Crippen molar-refractivity contribution in [3.05, 3.63) is 22.7 Å². The molecule has 102 valence electrons. The number of benzene rings is 1. The van der Waals surface area contributed by atoms with Crippen molar-refractivity contribution >= 4 is 11.6 Å². The van der Waals surface area contributed by atoms with Gasteiger partial charge in [0.1, 0.15) is 12.7 Å². The van der Waals surface area contributed by atoms with Crippen LogP contribution in [0.5, 0.6) is 11.5 Å². The number of rotatable bonds is 7. The third-order valence-electron chi connectivity index (χ3n) is 2.30. The number of aliphatic hydroxyl groups is 2. The average molecular weight is 276 g/mol. The number of methoxy groups -OCH3 is 1. The fourth-order valence-corrected chi connectivity index (χ4v) is 1.74. The molecule has 0 fully saturated rings. The van der Waals surface area contributed by atoms with Gasteiger partial charge in [-0.15, -0.1) is 0 Å². The lowest BCUT2D eigenvalue weighted by molar-refractivity contribution is 0.0527. The first-order chi connectivity index (χ1) is 8.62. The molecule has 0 aromatic heterocycles. The van der Waals surface area contributed by atoms with Crippen LogP contribution >= 0.6 is 11.6 Å². The summed E-state index contributed by atoms with van der Waals surface area (Å²) in [5.41, 5.74) is 0.967. The number of aliphatic hydroxyl groups excluding tert-OH is 2. The Morgan fingerprint density at radius 1 is 1.44 bits per heavy atom. The summed E-state index contributed by atoms with van der Waals surface area (Å²) in [6.45, 7) is 0.255. The van der Waals surface area contributed by atoms with Gasteiger partial charge in [0.15, 0.2) is 11.5 Å². The van der Waals surface area contributed by atoms with Gasteiger partial charge in [-0.3, -0.25) is 0 Å². The summed E-state index contributed by atoms with van der Waals surface area (Å²) < 4.78 is 10.6. The lowest BCUT2D eigenvalue weighted by Gasteiger charge is -2.15. The lowest BCUT2D eigenvalue weighted by atomic mass is 10.2. The van der Waals surface area contributed by atoms with Crippen LogP contribution in [0.3, 0.4) is 0 Å². The molecule has 0 radical (unpaired) electrons. The van der Waals surface area contributed by atoms with Crippen molar-refractivity contribution in [3.63, 3.8) is 0 Å². The molecule has 1 unspecified atom stereocenters. The van der Waals surface area contributed by atoms with Crippen molar-refractivity contribution in [1.29, 1.82) is 0 Å². The van der Waals surface area contributed by atoms with Crippen molar-refractivity contribution in [2.24, 2.45) is 0 Å². The van der Waals surface area contributed by atoms with Crippen molar-refractivity contribution in [1.82, 2.24) is 5.32 Å². The van der Waals surface area contributed by atoms with Gasteiger partial charge in [-0.2, -0.15) is 0 Å². The second-order valence-corrected chi connectivity index (χ2v) is 4.19. The van der Waals surface area contributed by atoms with E-state index in [4.69, 9.17) is 26.2 Å². The second-order valence-electron chi connectivity index (χ2n) is 3.79. The molecule has 0 aliphatic heterocycles. The van der Waals surface area contributed by atoms with Gasteiger partial charge >= 0.3 is 0 Å². The number of halogens is 1. The summed E-state index contributed by atoms with van der Waals surface area (Å²) in [5, 5.41) is 21.4. The highest BCUT2D eigenvalue weighted by atomic mass is 35.5. The smallest absolute Gasteiger partial charge is 0.179 e. The topological polar surface area (TPSA) is 71.0 Å². The fraction of sp³-hybridized carbons (Fsp3) is 0.500. The number of hydrogen-bond acceptors (Lipinski definition) is 5. The highest BCUT2D eigenvalue weighted by Crippen LogP contribution is 2.36. The van der Waals surface area contributed by atoms with Crippen LogP contribution < -0.4 is 14.8 Å². The maximum atomic E-state index is 9.24. The third-order valence-corrected chi connectivity index (χ3v) is 2.58. The Labute approximate surface area is 111 Å². The van der Waals surface area contributed by atoms with E-state index < -0.39 is 6.10 Å². The Morgan fingerprint density at radius 3 is 2.72 bits per heavy atom. The van der Waals surface area contributed by atoms with E-state index in [0.29, 0.717) is 23.1 Å². The Bertz CT molecular complexity index is 387. The zero-order chi connectivity index (χ0) is 13.5. The van der Waals surface area contributed by atoms with Gasteiger partial charge in [0.2, 0.25) is 0 Å². The third kappa shape index (κ3) is 4.03. The number of ether oxygens (including phenoxy) is 2. The van der Waals surface area contributed by atoms with Gasteiger partial charge in [-0.05, 0) is 24.7 Å². The summed E-state index contributed by atoms with van der Waals surface area (Å²) in [7, 11) is 3.35. The zero-order valence-electron chi connectivity index (χ0n) is 10.4. The first-order valence-corrected chi connectivity index (χ1v) is 5.92. The zero-order valence-corrected chi connectivity index (χ0v) is 11.2. The maximum absolute atomic E-state index is 9.24. The van der Waals surface area contributed by atoms with Crippen LogP contribution in [0.15, 0.2) is 12.1 Å². The fourth-order valence-electron chi connectivity index (χ4n) is 1.45. The molecule has 1 atom stereocenters. The predicted molar refractivity (Wildman–Crippen MR) is 69.4 cm³/mol. The highest BCUT2D eigenvalue weighted by molar-refractivity contribution is 6.32. The maximum Gasteiger partial charge on any atom is 0.179 e. The van der Waals surface area contributed by atoms with Gasteiger partial charge in [0, 0.05) is 6.54 Å². The van der Waals surface area contributed by atoms with E-state index in [9.17, 15) is 5.11 Å². The standard InChI is InChI=1S/C12H18ClNO4/c1-14-5-8-3-10(13)12(11(4-8)17-2)18-7-9(16)6-15/h3-4,9,14-16H,5-7H2,1-2H3. The monoisotopic (exact) mass is 275 g/mol. The predicted octanol–water partition coefficient (Wildman–Crippen LogP) is 0.800. The van der Waals surface area contributed by atoms with Crippen molar-refractivity contribution in [3.8, 4) is 11.5 Å². The van der Waals surface area contributed by atoms with Crippen LogP contribution in [-0.4, -0.2) is 43.7 Å². The van der Waals surface area contributed by atoms with Gasteiger partial charge in [0.25, 0.3) is 0 Å². The van der Waals surface area contributed by atoms with Gasteiger partial charge in [-0.1, -0.05) is 11.6 Å². The van der Waals surface area contributed by atoms with Crippen LogP contribution in [0, 0.1) is 0 Å². The molecule has 0 spiro atoms. The molecule has 0 saturated carbocycles. The largest absolute Gasteiger partial charge is 0.493 e. The first-order valence-electron chi connectivity index (χ1n) is 5.55. The van der Waals surface area contributed by atoms with E-state index in [1.54, 1.807) is 6.07 Å². The molecule has 0 aliphatic carbocycles. The van der Waals surface area contributed by atoms with Crippen LogP contribution in [0.2, 0.25) is 5.02 Å². The quantitative estimate of drug-likeness (QED) is 0.687. The van der Waals surface area contributed by atoms with Gasteiger partial charge in [-0.25, -0.2) is 0 Å². The van der Waals surface area contributed by atoms with E-state index in [1.165, 1.54) is 7.11 Å². The molecule has 1 rings (SSSR count). The molecule has 3 N–H and O–H groups in total. The van der Waals surface area contributed by atoms with E-state index >= 15 is 0 Å². The number of hydrogen-bond donors (Lipinski definition) is 3. The summed E-state index contributed by atoms with van der Waals surface area (Å²) in [5.74, 6) is 0.865. The molecule has 1 aromatic carbocycles. The van der Waals surface area contributed by atoms with Crippen molar-refractivity contribution < 1.29 is 19.7 Å². The summed E-state index contributed by atoms with van der Waals surface area (Å²) >= 11 is 6.10. The van der Waals surface area contributed by atoms with E-state index in [-0.39, 0.29) is 13.2 Å².